The van der Waals surface area contributed by atoms with Crippen LogP contribution in [0.25, 0.3) is 0 Å². The first kappa shape index (κ1) is 15.5. The monoisotopic (exact) mass is 299 g/mol. The van der Waals surface area contributed by atoms with Crippen LogP contribution in [-0.2, 0) is 18.5 Å². The SMILES string of the molecule is CC(C)(C)OC(=O)NC1(CS(=O)(=O)Cl)CCOC1. The van der Waals surface area contributed by atoms with Crippen LogP contribution in [0.3, 0.4) is 0 Å². The molecule has 0 aliphatic carbocycles. The maximum Gasteiger partial charge on any atom is 0.408 e. The normalized spacial score (nSPS) is 24.9. The van der Waals surface area contributed by atoms with Crippen molar-refractivity contribution in [1.82, 2.24) is 5.32 Å². The second-order valence-electron chi connectivity index (χ2n) is 5.39. The van der Waals surface area contributed by atoms with Gasteiger partial charge in [0, 0.05) is 17.3 Å². The minimum absolute atomic E-state index is 0.109. The smallest absolute Gasteiger partial charge is 0.408 e. The predicted molar refractivity (Wildman–Crippen MR) is 67.2 cm³/mol. The van der Waals surface area contributed by atoms with Gasteiger partial charge in [-0.1, -0.05) is 0 Å². The quantitative estimate of drug-likeness (QED) is 0.793. The molecule has 0 bridgehead atoms. The summed E-state index contributed by atoms with van der Waals surface area (Å²) in [7, 11) is 1.51. The molecule has 1 aliphatic rings. The second kappa shape index (κ2) is 5.22. The van der Waals surface area contributed by atoms with Crippen LogP contribution in [0.15, 0.2) is 0 Å². The molecule has 1 rings (SSSR count). The van der Waals surface area contributed by atoms with Crippen molar-refractivity contribution < 1.29 is 22.7 Å². The van der Waals surface area contributed by atoms with E-state index in [9.17, 15) is 13.2 Å². The lowest BCUT2D eigenvalue weighted by Crippen LogP contribution is -2.54. The zero-order valence-electron chi connectivity index (χ0n) is 10.7. The van der Waals surface area contributed by atoms with Gasteiger partial charge in [-0.05, 0) is 27.2 Å². The number of carbonyl (C=O) groups is 1. The highest BCUT2D eigenvalue weighted by Gasteiger charge is 2.41. The highest BCUT2D eigenvalue weighted by atomic mass is 35.7. The van der Waals surface area contributed by atoms with Crippen LogP contribution in [-0.4, -0.2) is 44.6 Å². The van der Waals surface area contributed by atoms with Crippen molar-refractivity contribution in [2.75, 3.05) is 19.0 Å². The Morgan fingerprint density at radius 2 is 2.11 bits per heavy atom. The van der Waals surface area contributed by atoms with Gasteiger partial charge in [-0.15, -0.1) is 0 Å². The Kier molecular flexibility index (Phi) is 4.51. The van der Waals surface area contributed by atoms with E-state index in [-0.39, 0.29) is 12.4 Å². The Balaban J connectivity index is 2.72. The first-order valence-electron chi connectivity index (χ1n) is 5.53. The van der Waals surface area contributed by atoms with Crippen LogP contribution in [0, 0.1) is 0 Å². The molecule has 6 nitrogen and oxygen atoms in total. The maximum atomic E-state index is 11.7. The number of hydrogen-bond donors (Lipinski definition) is 1. The molecule has 106 valence electrons. The molecule has 1 amide bonds. The van der Waals surface area contributed by atoms with Crippen molar-refractivity contribution in [3.05, 3.63) is 0 Å². The fourth-order valence-corrected chi connectivity index (χ4v) is 3.29. The number of halogens is 1. The standard InChI is InChI=1S/C10H18ClNO5S/c1-9(2,3)17-8(13)12-10(4-5-16-6-10)7-18(11,14)15/h4-7H2,1-3H3,(H,12,13). The fourth-order valence-electron chi connectivity index (χ4n) is 1.71. The van der Waals surface area contributed by atoms with Gasteiger partial charge in [0.2, 0.25) is 9.05 Å². The van der Waals surface area contributed by atoms with Crippen LogP contribution >= 0.6 is 10.7 Å². The first-order valence-corrected chi connectivity index (χ1v) is 8.01. The summed E-state index contributed by atoms with van der Waals surface area (Å²) < 4.78 is 32.6. The summed E-state index contributed by atoms with van der Waals surface area (Å²) in [6, 6.07) is 0. The van der Waals surface area contributed by atoms with Crippen LogP contribution in [0.5, 0.6) is 0 Å². The summed E-state index contributed by atoms with van der Waals surface area (Å²) in [5.74, 6) is -0.374. The highest BCUT2D eigenvalue weighted by molar-refractivity contribution is 8.13. The number of alkyl carbamates (subject to hydrolysis) is 1. The zero-order valence-corrected chi connectivity index (χ0v) is 12.2. The number of ether oxygens (including phenoxy) is 2. The molecule has 1 unspecified atom stereocenters. The number of hydrogen-bond acceptors (Lipinski definition) is 5. The molecular weight excluding hydrogens is 282 g/mol. The zero-order chi connectivity index (χ0) is 14.0. The topological polar surface area (TPSA) is 81.7 Å². The molecule has 1 atom stereocenters. The summed E-state index contributed by atoms with van der Waals surface area (Å²) in [4.78, 5) is 11.7. The van der Waals surface area contributed by atoms with Crippen molar-refractivity contribution in [1.29, 1.82) is 0 Å². The van der Waals surface area contributed by atoms with Crippen molar-refractivity contribution in [2.24, 2.45) is 0 Å². The van der Waals surface area contributed by atoms with Gasteiger partial charge >= 0.3 is 6.09 Å². The average molecular weight is 300 g/mol. The molecule has 1 saturated heterocycles. The summed E-state index contributed by atoms with van der Waals surface area (Å²) in [5, 5.41) is 2.56. The van der Waals surface area contributed by atoms with Crippen LogP contribution in [0.2, 0.25) is 0 Å². The molecule has 0 aromatic heterocycles. The van der Waals surface area contributed by atoms with Gasteiger partial charge in [-0.2, -0.15) is 0 Å². The molecule has 1 fully saturated rings. The Morgan fingerprint density at radius 1 is 1.50 bits per heavy atom. The molecular formula is C10H18ClNO5S. The third kappa shape index (κ3) is 5.41. The van der Waals surface area contributed by atoms with Crippen molar-refractivity contribution >= 4 is 25.8 Å². The van der Waals surface area contributed by atoms with Gasteiger partial charge in [0.1, 0.15) is 5.60 Å². The van der Waals surface area contributed by atoms with Crippen molar-refractivity contribution in [3.8, 4) is 0 Å². The number of nitrogens with one attached hydrogen (secondary N) is 1. The summed E-state index contributed by atoms with van der Waals surface area (Å²) in [6.07, 6.45) is -0.286. The van der Waals surface area contributed by atoms with Gasteiger partial charge < -0.3 is 14.8 Å². The van der Waals surface area contributed by atoms with E-state index in [2.05, 4.69) is 5.32 Å². The number of amides is 1. The molecule has 0 radical (unpaired) electrons. The molecule has 18 heavy (non-hydrogen) atoms. The molecule has 0 aromatic carbocycles. The lowest BCUT2D eigenvalue weighted by atomic mass is 10.0. The molecule has 0 spiro atoms. The fraction of sp³-hybridized carbons (Fsp3) is 0.900. The third-order valence-corrected chi connectivity index (χ3v) is 3.54. The van der Waals surface area contributed by atoms with Crippen molar-refractivity contribution in [2.45, 2.75) is 38.3 Å². The van der Waals surface area contributed by atoms with Gasteiger partial charge in [0.25, 0.3) is 0 Å². The first-order chi connectivity index (χ1) is 8.02. The van der Waals surface area contributed by atoms with E-state index in [0.29, 0.717) is 13.0 Å². The Bertz CT molecular complexity index is 408. The lowest BCUT2D eigenvalue weighted by Gasteiger charge is -2.29. The lowest BCUT2D eigenvalue weighted by molar-refractivity contribution is 0.0455. The largest absolute Gasteiger partial charge is 0.444 e. The van der Waals surface area contributed by atoms with E-state index in [1.54, 1.807) is 20.8 Å². The maximum absolute atomic E-state index is 11.7. The average Bonchev–Trinajstić information content (AvgIpc) is 2.44. The van der Waals surface area contributed by atoms with E-state index in [0.717, 1.165) is 0 Å². The summed E-state index contributed by atoms with van der Waals surface area (Å²) in [6.45, 7) is 5.66. The van der Waals surface area contributed by atoms with Crippen molar-refractivity contribution in [3.63, 3.8) is 0 Å². The van der Waals surface area contributed by atoms with Gasteiger partial charge in [-0.25, -0.2) is 13.2 Å². The van der Waals surface area contributed by atoms with Crippen LogP contribution < -0.4 is 5.32 Å². The van der Waals surface area contributed by atoms with E-state index >= 15 is 0 Å². The minimum Gasteiger partial charge on any atom is -0.444 e. The van der Waals surface area contributed by atoms with E-state index in [4.69, 9.17) is 20.2 Å². The molecule has 0 saturated carbocycles. The summed E-state index contributed by atoms with van der Waals surface area (Å²) in [5.41, 5.74) is -1.65. The van der Waals surface area contributed by atoms with Gasteiger partial charge in [0.05, 0.1) is 17.9 Å². The highest BCUT2D eigenvalue weighted by Crippen LogP contribution is 2.23. The summed E-state index contributed by atoms with van der Waals surface area (Å²) >= 11 is 0. The van der Waals surface area contributed by atoms with Gasteiger partial charge in [0.15, 0.2) is 0 Å². The Hall–Kier alpha value is -0.530. The third-order valence-electron chi connectivity index (χ3n) is 2.32. The van der Waals surface area contributed by atoms with E-state index in [1.165, 1.54) is 0 Å². The van der Waals surface area contributed by atoms with E-state index < -0.39 is 26.3 Å². The molecule has 1 N–H and O–H groups in total. The molecule has 1 heterocycles. The number of rotatable bonds is 3. The molecule has 0 aromatic rings. The Labute approximate surface area is 111 Å². The van der Waals surface area contributed by atoms with E-state index in [1.807, 2.05) is 0 Å². The molecule has 8 heteroatoms. The second-order valence-corrected chi connectivity index (χ2v) is 8.17. The Morgan fingerprint density at radius 3 is 2.50 bits per heavy atom. The minimum atomic E-state index is -3.73. The van der Waals surface area contributed by atoms with Crippen LogP contribution in [0.4, 0.5) is 4.79 Å². The number of carbonyl (C=O) groups excluding carboxylic acids is 1. The van der Waals surface area contributed by atoms with Crippen LogP contribution in [0.1, 0.15) is 27.2 Å². The van der Waals surface area contributed by atoms with Gasteiger partial charge in [-0.3, -0.25) is 0 Å². The predicted octanol–water partition coefficient (Wildman–Crippen LogP) is 1.24. The molecule has 1 aliphatic heterocycles.